The molecule has 0 atom stereocenters. The van der Waals surface area contributed by atoms with Crippen molar-refractivity contribution < 1.29 is 4.42 Å². The number of furan rings is 1. The van der Waals surface area contributed by atoms with Crippen LogP contribution in [0.2, 0.25) is 0 Å². The summed E-state index contributed by atoms with van der Waals surface area (Å²) in [5.41, 5.74) is 19.8. The fraction of sp³-hybridized carbons (Fsp3) is 0.209. The van der Waals surface area contributed by atoms with Crippen LogP contribution < -0.4 is 4.90 Å². The lowest BCUT2D eigenvalue weighted by atomic mass is 9.93. The summed E-state index contributed by atoms with van der Waals surface area (Å²) in [6.07, 6.45) is 0. The summed E-state index contributed by atoms with van der Waals surface area (Å²) in [7, 11) is 0. The van der Waals surface area contributed by atoms with Gasteiger partial charge in [0.2, 0.25) is 0 Å². The summed E-state index contributed by atoms with van der Waals surface area (Å²) in [6, 6.07) is 35.9. The predicted octanol–water partition coefficient (Wildman–Crippen LogP) is 12.5. The van der Waals surface area contributed by atoms with E-state index in [0.717, 1.165) is 39.7 Å². The van der Waals surface area contributed by atoms with Crippen LogP contribution in [0.1, 0.15) is 50.3 Å². The minimum atomic E-state index is 0.936. The van der Waals surface area contributed by atoms with Gasteiger partial charge in [-0.2, -0.15) is 0 Å². The lowest BCUT2D eigenvalue weighted by molar-refractivity contribution is 0.547. The molecule has 0 fully saturated rings. The van der Waals surface area contributed by atoms with E-state index in [4.69, 9.17) is 4.42 Å². The summed E-state index contributed by atoms with van der Waals surface area (Å²) in [4.78, 5) is 2.36. The smallest absolute Gasteiger partial charge is 0.137 e. The minimum Gasteiger partial charge on any atom is -0.461 e. The van der Waals surface area contributed by atoms with Gasteiger partial charge in [0.15, 0.2) is 0 Å². The van der Waals surface area contributed by atoms with Crippen molar-refractivity contribution in [2.24, 2.45) is 0 Å². The van der Waals surface area contributed by atoms with Crippen molar-refractivity contribution in [3.8, 4) is 33.6 Å². The van der Waals surface area contributed by atoms with Gasteiger partial charge in [0.25, 0.3) is 0 Å². The molecule has 2 heteroatoms. The van der Waals surface area contributed by atoms with Gasteiger partial charge < -0.3 is 9.32 Å². The lowest BCUT2D eigenvalue weighted by Crippen LogP contribution is -2.10. The minimum absolute atomic E-state index is 0.936. The molecule has 0 saturated heterocycles. The Morgan fingerprint density at radius 1 is 0.400 bits per heavy atom. The second-order valence-electron chi connectivity index (χ2n) is 12.8. The van der Waals surface area contributed by atoms with Crippen LogP contribution in [-0.2, 0) is 0 Å². The highest BCUT2D eigenvalue weighted by Crippen LogP contribution is 2.40. The van der Waals surface area contributed by atoms with E-state index in [-0.39, 0.29) is 0 Å². The monoisotopic (exact) mass is 589 g/mol. The maximum absolute atomic E-state index is 6.10. The molecule has 0 radical (unpaired) electrons. The molecule has 0 aliphatic carbocycles. The van der Waals surface area contributed by atoms with Crippen LogP contribution in [0.4, 0.5) is 17.1 Å². The predicted molar refractivity (Wildman–Crippen MR) is 192 cm³/mol. The first kappa shape index (κ1) is 30.2. The first-order valence-corrected chi connectivity index (χ1v) is 15.8. The van der Waals surface area contributed by atoms with Crippen molar-refractivity contribution >= 4 is 17.1 Å². The average Bonchev–Trinajstić information content (AvgIpc) is 3.31. The standard InChI is InChI=1S/C43H43NO/c1-26-20-29(4)41(30(5)21-26)35-10-14-37(15-11-35)44(39-18-19-40(28(3)25-39)43-33(8)24-34(9)45-43)38-16-12-36(13-17-38)42-31(6)22-27(2)23-32(42)7/h10-25H,1-9H3. The first-order valence-electron chi connectivity index (χ1n) is 15.8. The fourth-order valence-corrected chi connectivity index (χ4v) is 7.22. The number of anilines is 3. The SMILES string of the molecule is Cc1cc(C)c(-c2ccc(N(c3ccc(-c4c(C)cc(C)cc4C)cc3)c3ccc(-c4oc(C)cc4C)c(C)c3)cc2)c(C)c1. The van der Waals surface area contributed by atoms with Gasteiger partial charge in [0.1, 0.15) is 11.5 Å². The van der Waals surface area contributed by atoms with Gasteiger partial charge in [-0.25, -0.2) is 0 Å². The van der Waals surface area contributed by atoms with Crippen molar-refractivity contribution in [3.63, 3.8) is 0 Å². The van der Waals surface area contributed by atoms with Crippen LogP contribution in [0.15, 0.2) is 101 Å². The van der Waals surface area contributed by atoms with Gasteiger partial charge in [-0.1, -0.05) is 59.7 Å². The topological polar surface area (TPSA) is 16.4 Å². The van der Waals surface area contributed by atoms with E-state index in [9.17, 15) is 0 Å². The van der Waals surface area contributed by atoms with E-state index in [1.807, 2.05) is 6.92 Å². The van der Waals surface area contributed by atoms with E-state index < -0.39 is 0 Å². The van der Waals surface area contributed by atoms with Crippen molar-refractivity contribution in [1.29, 1.82) is 0 Å². The number of hydrogen-bond acceptors (Lipinski definition) is 2. The van der Waals surface area contributed by atoms with E-state index in [2.05, 4.69) is 157 Å². The average molecular weight is 590 g/mol. The van der Waals surface area contributed by atoms with Gasteiger partial charge in [-0.15, -0.1) is 0 Å². The summed E-state index contributed by atoms with van der Waals surface area (Å²) in [5, 5.41) is 0. The summed E-state index contributed by atoms with van der Waals surface area (Å²) in [5.74, 6) is 1.88. The molecule has 6 rings (SSSR count). The Morgan fingerprint density at radius 3 is 1.20 bits per heavy atom. The molecule has 0 aliphatic heterocycles. The largest absolute Gasteiger partial charge is 0.461 e. The molecule has 0 saturated carbocycles. The third-order valence-electron chi connectivity index (χ3n) is 8.94. The number of benzene rings is 5. The third-order valence-corrected chi connectivity index (χ3v) is 8.94. The molecule has 0 bridgehead atoms. The summed E-state index contributed by atoms with van der Waals surface area (Å²) < 4.78 is 6.10. The zero-order valence-corrected chi connectivity index (χ0v) is 28.1. The highest BCUT2D eigenvalue weighted by atomic mass is 16.3. The lowest BCUT2D eigenvalue weighted by Gasteiger charge is -2.27. The third kappa shape index (κ3) is 5.85. The maximum atomic E-state index is 6.10. The van der Waals surface area contributed by atoms with Crippen molar-refractivity contribution in [2.45, 2.75) is 62.3 Å². The molecule has 2 nitrogen and oxygen atoms in total. The van der Waals surface area contributed by atoms with Gasteiger partial charge >= 0.3 is 0 Å². The molecule has 0 amide bonds. The molecular weight excluding hydrogens is 546 g/mol. The Morgan fingerprint density at radius 2 is 0.822 bits per heavy atom. The molecule has 0 spiro atoms. The molecule has 1 aromatic heterocycles. The second kappa shape index (κ2) is 11.9. The molecule has 5 aromatic carbocycles. The van der Waals surface area contributed by atoms with Crippen LogP contribution in [0.5, 0.6) is 0 Å². The highest BCUT2D eigenvalue weighted by molar-refractivity contribution is 5.83. The molecule has 226 valence electrons. The molecule has 0 unspecified atom stereocenters. The van der Waals surface area contributed by atoms with Crippen molar-refractivity contribution in [1.82, 2.24) is 0 Å². The Kier molecular flexibility index (Phi) is 8.01. The number of hydrogen-bond donors (Lipinski definition) is 0. The van der Waals surface area contributed by atoms with Crippen LogP contribution in [-0.4, -0.2) is 0 Å². The highest BCUT2D eigenvalue weighted by Gasteiger charge is 2.18. The van der Waals surface area contributed by atoms with E-state index in [1.54, 1.807) is 0 Å². The molecule has 45 heavy (non-hydrogen) atoms. The number of rotatable bonds is 6. The Balaban J connectivity index is 1.45. The summed E-state index contributed by atoms with van der Waals surface area (Å²) in [6.45, 7) is 19.5. The maximum Gasteiger partial charge on any atom is 0.137 e. The zero-order valence-electron chi connectivity index (χ0n) is 28.1. The van der Waals surface area contributed by atoms with Crippen LogP contribution in [0, 0.1) is 62.3 Å². The first-order chi connectivity index (χ1) is 21.5. The van der Waals surface area contributed by atoms with Crippen LogP contribution in [0.3, 0.4) is 0 Å². The normalized spacial score (nSPS) is 11.2. The Bertz CT molecular complexity index is 1880. The Labute approximate surface area is 269 Å². The van der Waals surface area contributed by atoms with Crippen molar-refractivity contribution in [2.75, 3.05) is 4.90 Å². The van der Waals surface area contributed by atoms with E-state index in [0.29, 0.717) is 0 Å². The van der Waals surface area contributed by atoms with E-state index in [1.165, 1.54) is 61.2 Å². The van der Waals surface area contributed by atoms with Crippen molar-refractivity contribution in [3.05, 3.63) is 147 Å². The van der Waals surface area contributed by atoms with Crippen LogP contribution in [0.25, 0.3) is 33.6 Å². The fourth-order valence-electron chi connectivity index (χ4n) is 7.22. The number of aryl methyl sites for hydroxylation is 9. The number of nitrogens with zero attached hydrogens (tertiary/aromatic N) is 1. The molecule has 1 heterocycles. The van der Waals surface area contributed by atoms with E-state index >= 15 is 0 Å². The molecular formula is C43H43NO. The molecule has 0 aliphatic rings. The van der Waals surface area contributed by atoms with Gasteiger partial charge in [-0.05, 0) is 166 Å². The van der Waals surface area contributed by atoms with Crippen LogP contribution >= 0.6 is 0 Å². The molecule has 0 N–H and O–H groups in total. The van der Waals surface area contributed by atoms with Gasteiger partial charge in [-0.3, -0.25) is 0 Å². The zero-order chi connectivity index (χ0) is 32.0. The van der Waals surface area contributed by atoms with Gasteiger partial charge in [0.05, 0.1) is 0 Å². The summed E-state index contributed by atoms with van der Waals surface area (Å²) >= 11 is 0. The Hall–Kier alpha value is -4.82. The quantitative estimate of drug-likeness (QED) is 0.192. The molecule has 6 aromatic rings. The second-order valence-corrected chi connectivity index (χ2v) is 12.8. The van der Waals surface area contributed by atoms with Gasteiger partial charge in [0, 0.05) is 22.6 Å².